The van der Waals surface area contributed by atoms with E-state index in [9.17, 15) is 9.90 Å². The molecule has 1 aromatic carbocycles. The quantitative estimate of drug-likeness (QED) is 0.661. The number of nitrogens with one attached hydrogen (secondary N) is 1. The van der Waals surface area contributed by atoms with Gasteiger partial charge < -0.3 is 16.2 Å². The van der Waals surface area contributed by atoms with Crippen LogP contribution in [0.3, 0.4) is 0 Å². The molecule has 0 heterocycles. The van der Waals surface area contributed by atoms with Gasteiger partial charge in [-0.1, -0.05) is 30.3 Å². The maximum Gasteiger partial charge on any atom is 0.236 e. The summed E-state index contributed by atoms with van der Waals surface area (Å²) in [5.74, 6) is -0.259. The third kappa shape index (κ3) is 3.69. The zero-order valence-corrected chi connectivity index (χ0v) is 8.68. The minimum atomic E-state index is -0.686. The van der Waals surface area contributed by atoms with Gasteiger partial charge in [-0.2, -0.15) is 0 Å². The molecule has 0 aromatic heterocycles. The Kier molecular flexibility index (Phi) is 4.27. The highest BCUT2D eigenvalue weighted by atomic mass is 16.3. The lowest BCUT2D eigenvalue weighted by Gasteiger charge is -2.13. The average Bonchev–Trinajstić information content (AvgIpc) is 2.26. The van der Waals surface area contributed by atoms with Crippen molar-refractivity contribution < 1.29 is 9.90 Å². The highest BCUT2D eigenvalue weighted by Crippen LogP contribution is 2.10. The fourth-order valence-electron chi connectivity index (χ4n) is 1.15. The van der Waals surface area contributed by atoms with Crippen LogP contribution in [0, 0.1) is 0 Å². The van der Waals surface area contributed by atoms with Gasteiger partial charge in [0.1, 0.15) is 0 Å². The Bertz CT molecular complexity index is 312. The summed E-state index contributed by atoms with van der Waals surface area (Å²) in [7, 11) is 0. The number of nitrogens with two attached hydrogens (primary N) is 1. The number of carbonyl (C=O) groups excluding carboxylic acids is 1. The van der Waals surface area contributed by atoms with Crippen molar-refractivity contribution in [3.8, 4) is 0 Å². The minimum absolute atomic E-state index is 0.185. The standard InChI is InChI=1S/C11H16N2O2/c1-8(12)11(15)13-7-10(14)9-5-3-2-4-6-9/h2-6,8,10,14H,7,12H2,1H3,(H,13,15)/t8-,10?/m1/s1. The summed E-state index contributed by atoms with van der Waals surface area (Å²) in [6.45, 7) is 1.79. The van der Waals surface area contributed by atoms with Crippen molar-refractivity contribution >= 4 is 5.91 Å². The minimum Gasteiger partial charge on any atom is -0.387 e. The number of benzene rings is 1. The van der Waals surface area contributed by atoms with Crippen molar-refractivity contribution in [1.82, 2.24) is 5.32 Å². The van der Waals surface area contributed by atoms with Crippen LogP contribution in [0.5, 0.6) is 0 Å². The van der Waals surface area contributed by atoms with Gasteiger partial charge in [0.15, 0.2) is 0 Å². The third-order valence-electron chi connectivity index (χ3n) is 2.07. The fourth-order valence-corrected chi connectivity index (χ4v) is 1.15. The summed E-state index contributed by atoms with van der Waals surface area (Å²) >= 11 is 0. The maximum atomic E-state index is 11.1. The molecule has 0 aliphatic carbocycles. The van der Waals surface area contributed by atoms with Crippen molar-refractivity contribution in [3.05, 3.63) is 35.9 Å². The Hall–Kier alpha value is -1.39. The van der Waals surface area contributed by atoms with Crippen LogP contribution in [0.4, 0.5) is 0 Å². The Balaban J connectivity index is 2.44. The lowest BCUT2D eigenvalue weighted by atomic mass is 10.1. The molecule has 0 saturated heterocycles. The molecule has 0 saturated carbocycles. The van der Waals surface area contributed by atoms with E-state index in [-0.39, 0.29) is 12.5 Å². The van der Waals surface area contributed by atoms with Crippen molar-refractivity contribution in [3.63, 3.8) is 0 Å². The molecule has 0 aliphatic heterocycles. The number of amides is 1. The van der Waals surface area contributed by atoms with Gasteiger partial charge in [0.25, 0.3) is 0 Å². The SMILES string of the molecule is C[C@@H](N)C(=O)NCC(O)c1ccccc1. The monoisotopic (exact) mass is 208 g/mol. The first-order valence-corrected chi connectivity index (χ1v) is 4.87. The van der Waals surface area contributed by atoms with Gasteiger partial charge in [-0.15, -0.1) is 0 Å². The predicted octanol–water partition coefficient (Wildman–Crippen LogP) is 0.183. The van der Waals surface area contributed by atoms with E-state index in [2.05, 4.69) is 5.32 Å². The topological polar surface area (TPSA) is 75.4 Å². The van der Waals surface area contributed by atoms with Gasteiger partial charge in [0.05, 0.1) is 12.1 Å². The summed E-state index contributed by atoms with van der Waals surface area (Å²) in [6, 6.07) is 8.62. The summed E-state index contributed by atoms with van der Waals surface area (Å²) < 4.78 is 0. The van der Waals surface area contributed by atoms with Crippen molar-refractivity contribution in [2.75, 3.05) is 6.54 Å². The zero-order valence-electron chi connectivity index (χ0n) is 8.68. The first-order chi connectivity index (χ1) is 7.11. The smallest absolute Gasteiger partial charge is 0.236 e. The van der Waals surface area contributed by atoms with Crippen LogP contribution in [0.1, 0.15) is 18.6 Å². The van der Waals surface area contributed by atoms with E-state index in [4.69, 9.17) is 5.73 Å². The summed E-state index contributed by atoms with van der Waals surface area (Å²) in [5.41, 5.74) is 6.15. The molecule has 1 aromatic rings. The van der Waals surface area contributed by atoms with Crippen LogP contribution in [0.2, 0.25) is 0 Å². The highest BCUT2D eigenvalue weighted by Gasteiger charge is 2.10. The van der Waals surface area contributed by atoms with Crippen molar-refractivity contribution in [2.45, 2.75) is 19.1 Å². The van der Waals surface area contributed by atoms with E-state index in [1.54, 1.807) is 6.92 Å². The summed E-state index contributed by atoms with van der Waals surface area (Å²) in [4.78, 5) is 11.1. The lowest BCUT2D eigenvalue weighted by molar-refractivity contribution is -0.122. The van der Waals surface area contributed by atoms with Gasteiger partial charge in [0.2, 0.25) is 5.91 Å². The maximum absolute atomic E-state index is 11.1. The van der Waals surface area contributed by atoms with E-state index in [1.165, 1.54) is 0 Å². The largest absolute Gasteiger partial charge is 0.387 e. The molecule has 0 spiro atoms. The second-order valence-electron chi connectivity index (χ2n) is 3.46. The molecule has 15 heavy (non-hydrogen) atoms. The van der Waals surface area contributed by atoms with Crippen LogP contribution in [-0.4, -0.2) is 23.6 Å². The van der Waals surface area contributed by atoms with Crippen LogP contribution >= 0.6 is 0 Å². The Morgan fingerprint density at radius 3 is 2.60 bits per heavy atom. The molecule has 0 bridgehead atoms. The van der Waals surface area contributed by atoms with Crippen molar-refractivity contribution in [2.24, 2.45) is 5.73 Å². The van der Waals surface area contributed by atoms with Crippen LogP contribution in [-0.2, 0) is 4.79 Å². The van der Waals surface area contributed by atoms with Crippen molar-refractivity contribution in [1.29, 1.82) is 0 Å². The van der Waals surface area contributed by atoms with Gasteiger partial charge >= 0.3 is 0 Å². The normalized spacial score (nSPS) is 14.3. The Labute approximate surface area is 89.1 Å². The Morgan fingerprint density at radius 1 is 1.47 bits per heavy atom. The number of aliphatic hydroxyl groups is 1. The first-order valence-electron chi connectivity index (χ1n) is 4.87. The van der Waals surface area contributed by atoms with E-state index in [0.29, 0.717) is 0 Å². The number of aliphatic hydroxyl groups excluding tert-OH is 1. The van der Waals surface area contributed by atoms with E-state index >= 15 is 0 Å². The van der Waals surface area contributed by atoms with Gasteiger partial charge in [0, 0.05) is 6.54 Å². The molecule has 1 unspecified atom stereocenters. The molecule has 1 amide bonds. The molecule has 0 fully saturated rings. The molecule has 2 atom stereocenters. The number of carbonyl (C=O) groups is 1. The molecular weight excluding hydrogens is 192 g/mol. The summed E-state index contributed by atoms with van der Waals surface area (Å²) in [5, 5.41) is 12.3. The third-order valence-corrected chi connectivity index (χ3v) is 2.07. The summed E-state index contributed by atoms with van der Waals surface area (Å²) in [6.07, 6.45) is -0.686. The van der Waals surface area contributed by atoms with E-state index in [0.717, 1.165) is 5.56 Å². The molecule has 4 nitrogen and oxygen atoms in total. The number of rotatable bonds is 4. The van der Waals surface area contributed by atoms with Crippen LogP contribution < -0.4 is 11.1 Å². The second-order valence-corrected chi connectivity index (χ2v) is 3.46. The van der Waals surface area contributed by atoms with E-state index < -0.39 is 12.1 Å². The molecule has 0 radical (unpaired) electrons. The molecule has 4 heteroatoms. The average molecular weight is 208 g/mol. The molecule has 0 aliphatic rings. The zero-order chi connectivity index (χ0) is 11.3. The molecule has 1 rings (SSSR count). The fraction of sp³-hybridized carbons (Fsp3) is 0.364. The molecule has 82 valence electrons. The second kappa shape index (κ2) is 5.48. The van der Waals surface area contributed by atoms with Gasteiger partial charge in [-0.25, -0.2) is 0 Å². The van der Waals surface area contributed by atoms with Gasteiger partial charge in [-0.05, 0) is 12.5 Å². The highest BCUT2D eigenvalue weighted by molar-refractivity contribution is 5.80. The molecule has 4 N–H and O–H groups in total. The van der Waals surface area contributed by atoms with Gasteiger partial charge in [-0.3, -0.25) is 4.79 Å². The lowest BCUT2D eigenvalue weighted by Crippen LogP contribution is -2.40. The first kappa shape index (κ1) is 11.7. The Morgan fingerprint density at radius 2 is 2.07 bits per heavy atom. The number of hydrogen-bond donors (Lipinski definition) is 3. The number of hydrogen-bond acceptors (Lipinski definition) is 3. The molecular formula is C11H16N2O2. The van der Waals surface area contributed by atoms with E-state index in [1.807, 2.05) is 30.3 Å². The van der Waals surface area contributed by atoms with Crippen LogP contribution in [0.15, 0.2) is 30.3 Å². The van der Waals surface area contributed by atoms with Crippen LogP contribution in [0.25, 0.3) is 0 Å². The predicted molar refractivity (Wildman–Crippen MR) is 58.1 cm³/mol.